The summed E-state index contributed by atoms with van der Waals surface area (Å²) in [5.74, 6) is -0.702. The number of unbranched alkanes of at least 4 members (excludes halogenated alkanes) is 2. The van der Waals surface area contributed by atoms with Crippen LogP contribution < -0.4 is 14.8 Å². The molecule has 13 nitrogen and oxygen atoms in total. The lowest BCUT2D eigenvalue weighted by Crippen LogP contribution is -2.70. The average Bonchev–Trinajstić information content (AvgIpc) is 3.80. The number of fused-ring (bicyclic) bond motifs is 2. The molecule has 0 saturated heterocycles. The number of rotatable bonds is 24. The van der Waals surface area contributed by atoms with Gasteiger partial charge in [0.2, 0.25) is 11.7 Å². The second kappa shape index (κ2) is 23.3. The molecule has 0 unspecified atom stereocenters. The van der Waals surface area contributed by atoms with Crippen molar-refractivity contribution in [1.82, 2.24) is 10.2 Å². The van der Waals surface area contributed by atoms with Gasteiger partial charge in [-0.05, 0) is 79.2 Å². The van der Waals surface area contributed by atoms with Crippen molar-refractivity contribution in [3.63, 3.8) is 0 Å². The summed E-state index contributed by atoms with van der Waals surface area (Å²) in [6, 6.07) is 14.4. The second-order valence-corrected chi connectivity index (χ2v) is 16.8. The Bertz CT molecular complexity index is 1780. The molecule has 6 atom stereocenters. The van der Waals surface area contributed by atoms with E-state index in [9.17, 15) is 24.9 Å². The molecule has 2 fully saturated rings. The molecule has 0 radical (unpaired) electrons. The lowest BCUT2D eigenvalue weighted by atomic mass is 9.55. The first-order valence-electron chi connectivity index (χ1n) is 22.5. The number of carbonyl (C=O) groups is 2. The maximum absolute atomic E-state index is 14.7. The molecule has 1 aliphatic heterocycles. The van der Waals surface area contributed by atoms with E-state index >= 15 is 0 Å². The number of nitrogens with one attached hydrogen (secondary N) is 1. The molecule has 6 rings (SSSR count). The topological polar surface area (TPSA) is 169 Å². The third kappa shape index (κ3) is 11.4. The van der Waals surface area contributed by atoms with Crippen molar-refractivity contribution in [2.24, 2.45) is 28.8 Å². The number of oxime groups is 1. The SMILES string of the molecule is C=CCO[C@@]12Oc3ccc(OC(=O)NCc4ccccc4)cc3[C@H]3[C@H](CCCCO)[C@@H](CCCCO)C=C(C(=NOC)C[C@@H]1N(CCOCCO)C(=O)CCC1CCCC1)[C@H]32. The molecule has 13 heteroatoms. The van der Waals surface area contributed by atoms with Crippen LogP contribution in [0.4, 0.5) is 4.79 Å². The summed E-state index contributed by atoms with van der Waals surface area (Å²) in [5, 5.41) is 36.9. The van der Waals surface area contributed by atoms with Gasteiger partial charge in [-0.15, -0.1) is 6.58 Å². The minimum absolute atomic E-state index is 0.0115. The van der Waals surface area contributed by atoms with Gasteiger partial charge < -0.3 is 49.3 Å². The third-order valence-electron chi connectivity index (χ3n) is 13.0. The molecule has 61 heavy (non-hydrogen) atoms. The highest BCUT2D eigenvalue weighted by molar-refractivity contribution is 6.03. The summed E-state index contributed by atoms with van der Waals surface area (Å²) >= 11 is 0. The molecule has 0 aromatic heterocycles. The Morgan fingerprint density at radius 1 is 0.984 bits per heavy atom. The van der Waals surface area contributed by atoms with E-state index in [2.05, 4.69) is 23.1 Å². The zero-order chi connectivity index (χ0) is 43.0. The summed E-state index contributed by atoms with van der Waals surface area (Å²) in [4.78, 5) is 35.4. The number of benzene rings is 2. The minimum atomic E-state index is -1.41. The summed E-state index contributed by atoms with van der Waals surface area (Å²) in [5.41, 5.74) is 3.42. The van der Waals surface area contributed by atoms with Crippen LogP contribution in [0, 0.1) is 23.7 Å². The van der Waals surface area contributed by atoms with Crippen molar-refractivity contribution in [2.45, 2.75) is 108 Å². The van der Waals surface area contributed by atoms with Gasteiger partial charge in [-0.25, -0.2) is 4.79 Å². The Morgan fingerprint density at radius 2 is 1.75 bits per heavy atom. The number of hydrogen-bond donors (Lipinski definition) is 4. The molecule has 1 heterocycles. The number of ether oxygens (including phenoxy) is 4. The normalized spacial score (nSPS) is 24.9. The average molecular weight is 846 g/mol. The van der Waals surface area contributed by atoms with Crippen LogP contribution in [0.15, 0.2) is 78.0 Å². The third-order valence-corrected chi connectivity index (χ3v) is 13.0. The lowest BCUT2D eigenvalue weighted by molar-refractivity contribution is -0.258. The van der Waals surface area contributed by atoms with Crippen LogP contribution >= 0.6 is 0 Å². The number of aliphatic hydroxyl groups is 3. The fraction of sp³-hybridized carbons (Fsp3) is 0.604. The van der Waals surface area contributed by atoms with E-state index in [4.69, 9.17) is 23.8 Å². The maximum Gasteiger partial charge on any atom is 0.412 e. The molecule has 3 aliphatic carbocycles. The monoisotopic (exact) mass is 845 g/mol. The fourth-order valence-electron chi connectivity index (χ4n) is 10.3. The Kier molecular flexibility index (Phi) is 17.6. The smallest absolute Gasteiger partial charge is 0.412 e. The van der Waals surface area contributed by atoms with Crippen molar-refractivity contribution in [3.8, 4) is 11.5 Å². The van der Waals surface area contributed by atoms with E-state index in [-0.39, 0.29) is 76.3 Å². The van der Waals surface area contributed by atoms with Crippen molar-refractivity contribution in [1.29, 1.82) is 0 Å². The van der Waals surface area contributed by atoms with Crippen molar-refractivity contribution >= 4 is 17.7 Å². The minimum Gasteiger partial charge on any atom is -0.459 e. The van der Waals surface area contributed by atoms with Crippen LogP contribution in [0.3, 0.4) is 0 Å². The Hall–Kier alpha value is -4.27. The van der Waals surface area contributed by atoms with Crippen LogP contribution in [0.2, 0.25) is 0 Å². The number of hydrogen-bond acceptors (Lipinski definition) is 11. The summed E-state index contributed by atoms with van der Waals surface area (Å²) in [6.45, 7) is 5.10. The van der Waals surface area contributed by atoms with Gasteiger partial charge in [0.1, 0.15) is 24.7 Å². The summed E-state index contributed by atoms with van der Waals surface area (Å²) in [6.07, 6.45) is 13.9. The largest absolute Gasteiger partial charge is 0.459 e. The lowest BCUT2D eigenvalue weighted by Gasteiger charge is -2.60. The Balaban J connectivity index is 1.48. The van der Waals surface area contributed by atoms with Crippen molar-refractivity contribution in [3.05, 3.63) is 84.0 Å². The van der Waals surface area contributed by atoms with E-state index in [1.54, 1.807) is 12.1 Å². The fourth-order valence-corrected chi connectivity index (χ4v) is 10.3. The summed E-state index contributed by atoms with van der Waals surface area (Å²) in [7, 11) is 1.53. The molecular formula is C48H67N3O10. The predicted octanol–water partition coefficient (Wildman–Crippen LogP) is 7.05. The van der Waals surface area contributed by atoms with E-state index in [0.29, 0.717) is 48.9 Å². The van der Waals surface area contributed by atoms with E-state index in [1.807, 2.05) is 47.4 Å². The number of allylic oxidation sites excluding steroid dienone is 1. The number of carbonyl (C=O) groups excluding carboxylic acids is 2. The quantitative estimate of drug-likeness (QED) is 0.0489. The van der Waals surface area contributed by atoms with Crippen LogP contribution in [-0.2, 0) is 25.7 Å². The standard InChI is InChI=1S/C48H67N3O10/c1-3-27-59-48-43(51(23-28-58-29-26-54)44(55)22-19-34-13-7-8-14-34)32-41(50-57-2)39-30-36(17-9-11-24-52)38(18-10-12-25-53)45(46(39)48)40-31-37(20-21-42(40)61-48)60-47(56)49-33-35-15-5-4-6-16-35/h3-6,15-16,20-21,30-31,34,36,38,43,45-46,52-54H,1,7-14,17-19,22-29,32-33H2,2H3,(H,49,56)/t36-,38+,43-,45+,46+,48+/m0/s1. The number of nitrogens with zero attached hydrogens (tertiary/aromatic N) is 2. The van der Waals surface area contributed by atoms with Gasteiger partial charge in [-0.2, -0.15) is 0 Å². The molecular weight excluding hydrogens is 779 g/mol. The molecule has 0 bridgehead atoms. The molecule has 2 aromatic rings. The van der Waals surface area contributed by atoms with Crippen LogP contribution in [0.5, 0.6) is 11.5 Å². The van der Waals surface area contributed by atoms with Gasteiger partial charge in [0.25, 0.3) is 0 Å². The van der Waals surface area contributed by atoms with E-state index in [1.165, 1.54) is 20.0 Å². The zero-order valence-electron chi connectivity index (χ0n) is 35.9. The predicted molar refractivity (Wildman–Crippen MR) is 232 cm³/mol. The van der Waals surface area contributed by atoms with Gasteiger partial charge >= 0.3 is 6.09 Å². The van der Waals surface area contributed by atoms with Gasteiger partial charge in [0, 0.05) is 50.6 Å². The molecule has 0 spiro atoms. The first-order valence-corrected chi connectivity index (χ1v) is 22.5. The first-order chi connectivity index (χ1) is 29.9. The van der Waals surface area contributed by atoms with Crippen molar-refractivity contribution < 1.29 is 48.7 Å². The molecule has 4 aliphatic rings. The van der Waals surface area contributed by atoms with E-state index in [0.717, 1.165) is 61.6 Å². The van der Waals surface area contributed by atoms with Gasteiger partial charge in [0.15, 0.2) is 0 Å². The maximum atomic E-state index is 14.7. The molecule has 2 amide bonds. The van der Waals surface area contributed by atoms with Crippen LogP contribution in [0.25, 0.3) is 0 Å². The molecule has 2 aromatic carbocycles. The Morgan fingerprint density at radius 3 is 2.48 bits per heavy atom. The molecule has 334 valence electrons. The molecule has 2 saturated carbocycles. The highest BCUT2D eigenvalue weighted by Crippen LogP contribution is 2.62. The van der Waals surface area contributed by atoms with Crippen LogP contribution in [0.1, 0.15) is 101 Å². The zero-order valence-corrected chi connectivity index (χ0v) is 35.9. The highest BCUT2D eigenvalue weighted by Gasteiger charge is 2.65. The number of aliphatic hydroxyl groups excluding tert-OH is 3. The van der Waals surface area contributed by atoms with Gasteiger partial charge in [0.05, 0.1) is 38.1 Å². The van der Waals surface area contributed by atoms with Crippen molar-refractivity contribution in [2.75, 3.05) is 53.3 Å². The van der Waals surface area contributed by atoms with Crippen LogP contribution in [-0.4, -0.2) is 103 Å². The van der Waals surface area contributed by atoms with E-state index < -0.39 is 23.8 Å². The second-order valence-electron chi connectivity index (χ2n) is 16.8. The Labute approximate surface area is 361 Å². The molecule has 4 N–H and O–H groups in total. The highest BCUT2D eigenvalue weighted by atomic mass is 16.7. The first kappa shape index (κ1) is 46.2. The number of amides is 2. The van der Waals surface area contributed by atoms with Gasteiger partial charge in [-0.1, -0.05) is 86.2 Å². The van der Waals surface area contributed by atoms with Gasteiger partial charge in [-0.3, -0.25) is 4.79 Å². The summed E-state index contributed by atoms with van der Waals surface area (Å²) < 4.78 is 26.1.